The molecule has 184 valence electrons. The fourth-order valence-corrected chi connectivity index (χ4v) is 5.74. The summed E-state index contributed by atoms with van der Waals surface area (Å²) in [4.78, 5) is 27.5. The van der Waals surface area contributed by atoms with Gasteiger partial charge >= 0.3 is 0 Å². The molecular weight excluding hydrogens is 463 g/mol. The van der Waals surface area contributed by atoms with Crippen molar-refractivity contribution in [3.05, 3.63) is 75.9 Å². The second-order valence-electron chi connectivity index (χ2n) is 9.89. The van der Waals surface area contributed by atoms with Crippen LogP contribution in [-0.4, -0.2) is 18.4 Å². The summed E-state index contributed by atoms with van der Waals surface area (Å²) in [7, 11) is 0. The number of halogens is 1. The normalized spacial score (nSPS) is 15.3. The predicted molar refractivity (Wildman–Crippen MR) is 139 cm³/mol. The second-order valence-corrected chi connectivity index (χ2v) is 11.0. The molecule has 35 heavy (non-hydrogen) atoms. The van der Waals surface area contributed by atoms with Crippen LogP contribution >= 0.6 is 11.3 Å². The standard InChI is InChI=1S/C28H31FN2O3S/c1-5-34-21-13-11-20(12-14-21)30-26(33)24-22-15-8-18(28(2,3)4)16-23(22)35-27(24)31-25(32)17-6-9-19(29)10-7-17/h6-7,9-14,18H,5,8,15-16H2,1-4H3,(H,30,33)(H,31,32). The Labute approximate surface area is 209 Å². The van der Waals surface area contributed by atoms with Gasteiger partial charge in [0.25, 0.3) is 11.8 Å². The number of ether oxygens (including phenoxy) is 1. The third-order valence-electron chi connectivity index (χ3n) is 6.47. The first kappa shape index (κ1) is 24.9. The lowest BCUT2D eigenvalue weighted by Crippen LogP contribution is -2.27. The molecule has 0 bridgehead atoms. The van der Waals surface area contributed by atoms with E-state index in [1.165, 1.54) is 35.6 Å². The fourth-order valence-electron chi connectivity index (χ4n) is 4.42. The largest absolute Gasteiger partial charge is 0.494 e. The Morgan fingerprint density at radius 2 is 1.71 bits per heavy atom. The number of hydrogen-bond donors (Lipinski definition) is 2. The van der Waals surface area contributed by atoms with Crippen molar-refractivity contribution >= 4 is 33.8 Å². The lowest BCUT2D eigenvalue weighted by molar-refractivity contribution is 0.102. The van der Waals surface area contributed by atoms with E-state index in [1.807, 2.05) is 19.1 Å². The molecule has 0 saturated heterocycles. The molecule has 1 aliphatic carbocycles. The minimum absolute atomic E-state index is 0.157. The van der Waals surface area contributed by atoms with Gasteiger partial charge in [0.2, 0.25) is 0 Å². The van der Waals surface area contributed by atoms with Gasteiger partial charge in [-0.1, -0.05) is 20.8 Å². The monoisotopic (exact) mass is 494 g/mol. The first-order valence-corrected chi connectivity index (χ1v) is 12.7. The van der Waals surface area contributed by atoms with Crippen LogP contribution in [0.4, 0.5) is 15.1 Å². The average molecular weight is 495 g/mol. The van der Waals surface area contributed by atoms with Crippen molar-refractivity contribution in [1.82, 2.24) is 0 Å². The van der Waals surface area contributed by atoms with Crippen LogP contribution in [0.1, 0.15) is 65.3 Å². The minimum atomic E-state index is -0.406. The molecule has 2 amide bonds. The molecule has 1 heterocycles. The van der Waals surface area contributed by atoms with Crippen LogP contribution in [-0.2, 0) is 12.8 Å². The summed E-state index contributed by atoms with van der Waals surface area (Å²) in [5.41, 5.74) is 2.67. The van der Waals surface area contributed by atoms with Crippen molar-refractivity contribution in [3.8, 4) is 5.75 Å². The highest BCUT2D eigenvalue weighted by molar-refractivity contribution is 7.17. The summed E-state index contributed by atoms with van der Waals surface area (Å²) >= 11 is 1.47. The molecule has 1 atom stereocenters. The molecule has 0 aliphatic heterocycles. The number of anilines is 2. The van der Waals surface area contributed by atoms with Gasteiger partial charge in [0.05, 0.1) is 12.2 Å². The molecule has 1 aromatic heterocycles. The van der Waals surface area contributed by atoms with E-state index in [4.69, 9.17) is 4.74 Å². The predicted octanol–water partition coefficient (Wildman–Crippen LogP) is 6.94. The maximum Gasteiger partial charge on any atom is 0.258 e. The summed E-state index contributed by atoms with van der Waals surface area (Å²) in [6.07, 6.45) is 2.65. The van der Waals surface area contributed by atoms with Crippen LogP contribution in [0.15, 0.2) is 48.5 Å². The van der Waals surface area contributed by atoms with Crippen molar-refractivity contribution in [3.63, 3.8) is 0 Å². The van der Waals surface area contributed by atoms with Gasteiger partial charge in [-0.25, -0.2) is 4.39 Å². The third kappa shape index (κ3) is 5.73. The Kier molecular flexibility index (Phi) is 7.26. The molecule has 3 aromatic rings. The zero-order valence-electron chi connectivity index (χ0n) is 20.5. The highest BCUT2D eigenvalue weighted by Gasteiger charge is 2.34. The maximum absolute atomic E-state index is 13.5. The van der Waals surface area contributed by atoms with E-state index < -0.39 is 5.82 Å². The van der Waals surface area contributed by atoms with Crippen molar-refractivity contribution in [2.75, 3.05) is 17.2 Å². The van der Waals surface area contributed by atoms with E-state index in [0.717, 1.165) is 35.5 Å². The number of nitrogens with one attached hydrogen (secondary N) is 2. The molecule has 7 heteroatoms. The number of carbonyl (C=O) groups excluding carboxylic acids is 2. The van der Waals surface area contributed by atoms with Crippen LogP contribution < -0.4 is 15.4 Å². The first-order valence-electron chi connectivity index (χ1n) is 11.9. The molecule has 0 radical (unpaired) electrons. The highest BCUT2D eigenvalue weighted by atomic mass is 32.1. The van der Waals surface area contributed by atoms with Gasteiger partial charge in [0.1, 0.15) is 16.6 Å². The molecule has 0 spiro atoms. The second kappa shape index (κ2) is 10.2. The molecule has 1 unspecified atom stereocenters. The number of amides is 2. The topological polar surface area (TPSA) is 67.4 Å². The molecule has 2 N–H and O–H groups in total. The Hall–Kier alpha value is -3.19. The number of thiophene rings is 1. The van der Waals surface area contributed by atoms with E-state index in [9.17, 15) is 14.0 Å². The summed E-state index contributed by atoms with van der Waals surface area (Å²) < 4.78 is 18.8. The molecule has 0 saturated carbocycles. The van der Waals surface area contributed by atoms with Crippen LogP contribution in [0.25, 0.3) is 0 Å². The van der Waals surface area contributed by atoms with Gasteiger partial charge in [-0.05, 0) is 91.6 Å². The van der Waals surface area contributed by atoms with Gasteiger partial charge in [0, 0.05) is 16.1 Å². The van der Waals surface area contributed by atoms with E-state index in [-0.39, 0.29) is 17.2 Å². The molecule has 2 aromatic carbocycles. The zero-order valence-corrected chi connectivity index (χ0v) is 21.4. The molecule has 4 rings (SSSR count). The van der Waals surface area contributed by atoms with Gasteiger partial charge in [-0.2, -0.15) is 0 Å². The molecule has 0 fully saturated rings. The smallest absolute Gasteiger partial charge is 0.258 e. The lowest BCUT2D eigenvalue weighted by atomic mass is 9.72. The Balaban J connectivity index is 1.64. The van der Waals surface area contributed by atoms with Crippen LogP contribution in [0.5, 0.6) is 5.75 Å². The van der Waals surface area contributed by atoms with Crippen molar-refractivity contribution in [2.24, 2.45) is 11.3 Å². The summed E-state index contributed by atoms with van der Waals surface area (Å²) in [5.74, 6) is 0.202. The highest BCUT2D eigenvalue weighted by Crippen LogP contribution is 2.44. The fraction of sp³-hybridized carbons (Fsp3) is 0.357. The van der Waals surface area contributed by atoms with E-state index in [2.05, 4.69) is 31.4 Å². The summed E-state index contributed by atoms with van der Waals surface area (Å²) in [5, 5.41) is 6.43. The Morgan fingerprint density at radius 3 is 2.34 bits per heavy atom. The van der Waals surface area contributed by atoms with Gasteiger partial charge in [-0.3, -0.25) is 9.59 Å². The number of carbonyl (C=O) groups is 2. The number of benzene rings is 2. The Bertz CT molecular complexity index is 1210. The zero-order chi connectivity index (χ0) is 25.2. The summed E-state index contributed by atoms with van der Waals surface area (Å²) in [6.45, 7) is 9.22. The number of fused-ring (bicyclic) bond motifs is 1. The average Bonchev–Trinajstić information content (AvgIpc) is 3.17. The van der Waals surface area contributed by atoms with Crippen molar-refractivity contribution in [1.29, 1.82) is 0 Å². The minimum Gasteiger partial charge on any atom is -0.494 e. The van der Waals surface area contributed by atoms with Crippen molar-refractivity contribution < 1.29 is 18.7 Å². The van der Waals surface area contributed by atoms with Gasteiger partial charge < -0.3 is 15.4 Å². The van der Waals surface area contributed by atoms with Crippen LogP contribution in [0.2, 0.25) is 0 Å². The van der Waals surface area contributed by atoms with E-state index in [0.29, 0.717) is 34.3 Å². The number of rotatable bonds is 6. The van der Waals surface area contributed by atoms with Gasteiger partial charge in [-0.15, -0.1) is 11.3 Å². The SMILES string of the molecule is CCOc1ccc(NC(=O)c2c(NC(=O)c3ccc(F)cc3)sc3c2CCC(C(C)(C)C)C3)cc1. The molecule has 1 aliphatic rings. The lowest BCUT2D eigenvalue weighted by Gasteiger charge is -2.33. The summed E-state index contributed by atoms with van der Waals surface area (Å²) in [6, 6.07) is 12.6. The Morgan fingerprint density at radius 1 is 1.03 bits per heavy atom. The van der Waals surface area contributed by atoms with Crippen LogP contribution in [0, 0.1) is 17.2 Å². The first-order chi connectivity index (χ1) is 16.7. The van der Waals surface area contributed by atoms with E-state index >= 15 is 0 Å². The third-order valence-corrected chi connectivity index (χ3v) is 7.64. The maximum atomic E-state index is 13.5. The number of hydrogen-bond acceptors (Lipinski definition) is 4. The van der Waals surface area contributed by atoms with Crippen LogP contribution in [0.3, 0.4) is 0 Å². The quantitative estimate of drug-likeness (QED) is 0.390. The molecule has 5 nitrogen and oxygen atoms in total. The van der Waals surface area contributed by atoms with Crippen molar-refractivity contribution in [2.45, 2.75) is 47.0 Å². The molecular formula is C28H31FN2O3S. The van der Waals surface area contributed by atoms with Gasteiger partial charge in [0.15, 0.2) is 0 Å². The van der Waals surface area contributed by atoms with E-state index in [1.54, 1.807) is 12.1 Å².